The van der Waals surface area contributed by atoms with Gasteiger partial charge in [0, 0.05) is 12.5 Å². The number of Topliss-reactive ketones (excluding diaryl/α,β-unsaturated/α-hetero) is 1. The number of hydrogen-bond donors (Lipinski definition) is 0. The average Bonchev–Trinajstić information content (AvgIpc) is 2.69. The minimum Gasteiger partial charge on any atom is -0.482 e. The smallest absolute Gasteiger partial charge is 0.344 e. The molecule has 0 aliphatic carbocycles. The molecular formula is C20H20O7. The lowest BCUT2D eigenvalue weighted by molar-refractivity contribution is -0.170. The minimum atomic E-state index is -1.40. The van der Waals surface area contributed by atoms with E-state index in [1.54, 1.807) is 54.6 Å². The number of benzene rings is 2. The van der Waals surface area contributed by atoms with Crippen molar-refractivity contribution in [2.24, 2.45) is 0 Å². The summed E-state index contributed by atoms with van der Waals surface area (Å²) in [4.78, 5) is 35.2. The van der Waals surface area contributed by atoms with Crippen LogP contribution in [0.4, 0.5) is 0 Å². The molecule has 0 aliphatic rings. The predicted molar refractivity (Wildman–Crippen MR) is 95.2 cm³/mol. The van der Waals surface area contributed by atoms with Crippen LogP contribution in [0.1, 0.15) is 17.3 Å². The highest BCUT2D eigenvalue weighted by atomic mass is 16.7. The SMILES string of the molecule is CC(=O)OC(OCCOC(=O)COc1ccccc1)C(=O)c1ccccc1. The van der Waals surface area contributed by atoms with Crippen LogP contribution in [-0.2, 0) is 23.8 Å². The van der Waals surface area contributed by atoms with Gasteiger partial charge in [0.25, 0.3) is 6.29 Å². The molecule has 1 unspecified atom stereocenters. The molecule has 0 fully saturated rings. The van der Waals surface area contributed by atoms with Crippen molar-refractivity contribution in [1.82, 2.24) is 0 Å². The van der Waals surface area contributed by atoms with Crippen molar-refractivity contribution >= 4 is 17.7 Å². The summed E-state index contributed by atoms with van der Waals surface area (Å²) in [5, 5.41) is 0. The molecule has 7 heteroatoms. The number of para-hydroxylation sites is 1. The van der Waals surface area contributed by atoms with Gasteiger partial charge in [-0.15, -0.1) is 0 Å². The number of hydrogen-bond acceptors (Lipinski definition) is 7. The maximum absolute atomic E-state index is 12.3. The number of carbonyl (C=O) groups is 3. The van der Waals surface area contributed by atoms with E-state index in [-0.39, 0.29) is 19.8 Å². The Morgan fingerprint density at radius 1 is 0.889 bits per heavy atom. The third-order valence-electron chi connectivity index (χ3n) is 3.26. The maximum atomic E-state index is 12.3. The molecule has 142 valence electrons. The third kappa shape index (κ3) is 7.29. The Labute approximate surface area is 156 Å². The number of carbonyl (C=O) groups excluding carboxylic acids is 3. The average molecular weight is 372 g/mol. The van der Waals surface area contributed by atoms with E-state index in [2.05, 4.69) is 0 Å². The molecule has 0 spiro atoms. The van der Waals surface area contributed by atoms with E-state index < -0.39 is 24.0 Å². The van der Waals surface area contributed by atoms with Gasteiger partial charge < -0.3 is 18.9 Å². The summed E-state index contributed by atoms with van der Waals surface area (Å²) in [5.74, 6) is -1.18. The first-order valence-electron chi connectivity index (χ1n) is 8.28. The maximum Gasteiger partial charge on any atom is 0.344 e. The molecule has 27 heavy (non-hydrogen) atoms. The normalized spacial score (nSPS) is 11.3. The number of ketones is 1. The molecule has 2 aromatic carbocycles. The fraction of sp³-hybridized carbons (Fsp3) is 0.250. The van der Waals surface area contributed by atoms with Gasteiger partial charge in [-0.3, -0.25) is 9.59 Å². The fourth-order valence-electron chi connectivity index (χ4n) is 2.06. The van der Waals surface area contributed by atoms with Crippen molar-refractivity contribution in [2.45, 2.75) is 13.2 Å². The molecule has 0 saturated carbocycles. The molecule has 2 aromatic rings. The molecule has 0 heterocycles. The fourth-order valence-corrected chi connectivity index (χ4v) is 2.06. The van der Waals surface area contributed by atoms with Crippen LogP contribution in [0.15, 0.2) is 60.7 Å². The zero-order valence-corrected chi connectivity index (χ0v) is 14.8. The summed E-state index contributed by atoms with van der Waals surface area (Å²) < 4.78 is 20.4. The van der Waals surface area contributed by atoms with Crippen LogP contribution in [-0.4, -0.2) is 43.8 Å². The summed E-state index contributed by atoms with van der Waals surface area (Å²) >= 11 is 0. The molecule has 0 radical (unpaired) electrons. The van der Waals surface area contributed by atoms with Gasteiger partial charge in [0.2, 0.25) is 5.78 Å². The van der Waals surface area contributed by atoms with Gasteiger partial charge in [-0.05, 0) is 12.1 Å². The first-order chi connectivity index (χ1) is 13.1. The second kappa shape index (κ2) is 10.7. The first-order valence-corrected chi connectivity index (χ1v) is 8.28. The summed E-state index contributed by atoms with van der Waals surface area (Å²) in [7, 11) is 0. The standard InChI is InChI=1S/C20H20O7/c1-15(21)27-20(19(23)16-8-4-2-5-9-16)25-13-12-24-18(22)14-26-17-10-6-3-7-11-17/h2-11,20H,12-14H2,1H3. The van der Waals surface area contributed by atoms with E-state index in [1.807, 2.05) is 6.07 Å². The first kappa shape index (κ1) is 20.1. The van der Waals surface area contributed by atoms with Gasteiger partial charge in [-0.2, -0.15) is 0 Å². The molecule has 2 rings (SSSR count). The van der Waals surface area contributed by atoms with Crippen LogP contribution in [0.3, 0.4) is 0 Å². The zero-order chi connectivity index (χ0) is 19.5. The van der Waals surface area contributed by atoms with Crippen LogP contribution >= 0.6 is 0 Å². The minimum absolute atomic E-state index is 0.114. The van der Waals surface area contributed by atoms with E-state index in [9.17, 15) is 14.4 Å². The Balaban J connectivity index is 1.75. The molecule has 0 bridgehead atoms. The number of ether oxygens (including phenoxy) is 4. The van der Waals surface area contributed by atoms with Crippen molar-refractivity contribution < 1.29 is 33.3 Å². The van der Waals surface area contributed by atoms with E-state index in [0.29, 0.717) is 11.3 Å². The molecule has 0 aliphatic heterocycles. The van der Waals surface area contributed by atoms with Crippen LogP contribution in [0, 0.1) is 0 Å². The molecule has 7 nitrogen and oxygen atoms in total. The van der Waals surface area contributed by atoms with E-state index in [0.717, 1.165) is 0 Å². The Bertz CT molecular complexity index is 743. The summed E-state index contributed by atoms with van der Waals surface area (Å²) in [6.45, 7) is 0.695. The van der Waals surface area contributed by atoms with Crippen molar-refractivity contribution in [3.63, 3.8) is 0 Å². The van der Waals surface area contributed by atoms with Crippen molar-refractivity contribution in [3.05, 3.63) is 66.2 Å². The molecule has 0 N–H and O–H groups in total. The monoisotopic (exact) mass is 372 g/mol. The number of esters is 2. The third-order valence-corrected chi connectivity index (χ3v) is 3.26. The van der Waals surface area contributed by atoms with Gasteiger partial charge in [-0.1, -0.05) is 48.5 Å². The van der Waals surface area contributed by atoms with Crippen LogP contribution in [0.25, 0.3) is 0 Å². The predicted octanol–water partition coefficient (Wildman–Crippen LogP) is 2.40. The van der Waals surface area contributed by atoms with Gasteiger partial charge in [0.1, 0.15) is 12.4 Å². The van der Waals surface area contributed by atoms with Gasteiger partial charge in [-0.25, -0.2) is 4.79 Å². The molecular weight excluding hydrogens is 352 g/mol. The van der Waals surface area contributed by atoms with Gasteiger partial charge in [0.15, 0.2) is 6.61 Å². The van der Waals surface area contributed by atoms with Gasteiger partial charge in [0.05, 0.1) is 6.61 Å². The molecule has 0 amide bonds. The Hall–Kier alpha value is -3.19. The van der Waals surface area contributed by atoms with Crippen LogP contribution in [0.5, 0.6) is 5.75 Å². The summed E-state index contributed by atoms with van der Waals surface area (Å²) in [6, 6.07) is 17.1. The zero-order valence-electron chi connectivity index (χ0n) is 14.8. The van der Waals surface area contributed by atoms with E-state index in [4.69, 9.17) is 18.9 Å². The van der Waals surface area contributed by atoms with E-state index in [1.165, 1.54) is 6.92 Å². The van der Waals surface area contributed by atoms with Crippen molar-refractivity contribution in [3.8, 4) is 5.75 Å². The van der Waals surface area contributed by atoms with Crippen LogP contribution < -0.4 is 4.74 Å². The summed E-state index contributed by atoms with van der Waals surface area (Å²) in [6.07, 6.45) is -1.40. The largest absolute Gasteiger partial charge is 0.482 e. The highest BCUT2D eigenvalue weighted by molar-refractivity contribution is 5.99. The quantitative estimate of drug-likeness (QED) is 0.274. The van der Waals surface area contributed by atoms with Crippen LogP contribution in [0.2, 0.25) is 0 Å². The van der Waals surface area contributed by atoms with E-state index >= 15 is 0 Å². The lowest BCUT2D eigenvalue weighted by atomic mass is 10.1. The topological polar surface area (TPSA) is 88.1 Å². The second-order valence-corrected chi connectivity index (χ2v) is 5.36. The van der Waals surface area contributed by atoms with Gasteiger partial charge >= 0.3 is 11.9 Å². The highest BCUT2D eigenvalue weighted by Gasteiger charge is 2.23. The molecule has 0 aromatic heterocycles. The number of rotatable bonds is 10. The second-order valence-electron chi connectivity index (χ2n) is 5.36. The Morgan fingerprint density at radius 3 is 2.15 bits per heavy atom. The lowest BCUT2D eigenvalue weighted by Gasteiger charge is -2.16. The highest BCUT2D eigenvalue weighted by Crippen LogP contribution is 2.09. The molecule has 1 atom stereocenters. The Kier molecular flexibility index (Phi) is 7.99. The van der Waals surface area contributed by atoms with Crippen molar-refractivity contribution in [1.29, 1.82) is 0 Å². The lowest BCUT2D eigenvalue weighted by Crippen LogP contribution is -2.31. The Morgan fingerprint density at radius 2 is 1.52 bits per heavy atom. The molecule has 0 saturated heterocycles. The van der Waals surface area contributed by atoms with Crippen molar-refractivity contribution in [2.75, 3.05) is 19.8 Å². The summed E-state index contributed by atoms with van der Waals surface area (Å²) in [5.41, 5.74) is 0.344.